The molecule has 2 nitrogen and oxygen atoms in total. The molecule has 0 unspecified atom stereocenters. The molecule has 1 aliphatic carbocycles. The lowest BCUT2D eigenvalue weighted by Gasteiger charge is -2.36. The summed E-state index contributed by atoms with van der Waals surface area (Å²) in [6.07, 6.45) is 6.49. The van der Waals surface area contributed by atoms with Crippen LogP contribution in [0.25, 0.3) is 0 Å². The quantitative estimate of drug-likeness (QED) is 0.524. The highest BCUT2D eigenvalue weighted by Gasteiger charge is 2.39. The fraction of sp³-hybridized carbons (Fsp3) is 0.857. The van der Waals surface area contributed by atoms with Crippen LogP contribution in [0.15, 0.2) is 12.3 Å². The Morgan fingerprint density at radius 1 is 1.29 bits per heavy atom. The van der Waals surface area contributed by atoms with E-state index in [1.165, 1.54) is 12.8 Å². The van der Waals surface area contributed by atoms with Crippen molar-refractivity contribution in [2.75, 3.05) is 13.7 Å². The predicted molar refractivity (Wildman–Crippen MR) is 75.5 cm³/mol. The second-order valence-electron chi connectivity index (χ2n) is 6.62. The first-order chi connectivity index (χ1) is 7.78. The van der Waals surface area contributed by atoms with Crippen molar-refractivity contribution in [3.63, 3.8) is 0 Å². The Morgan fingerprint density at radius 3 is 2.47 bits per heavy atom. The van der Waals surface area contributed by atoms with E-state index in [4.69, 9.17) is 9.16 Å². The standard InChI is InChI=1S/C14H28O2Si/c1-14(2,3)17(5,6)16-10-8-13-11-12(13)7-9-15-4/h7,9,12-13H,8,10-11H2,1-6H3/b9-7+/t12-,13-/m1/s1. The van der Waals surface area contributed by atoms with Gasteiger partial charge in [-0.1, -0.05) is 20.8 Å². The average Bonchev–Trinajstić information content (AvgIpc) is 2.91. The SMILES string of the molecule is CO/C=C/[C@@H]1C[C@H]1CCO[Si](C)(C)C(C)(C)C. The number of hydrogen-bond donors (Lipinski definition) is 0. The Hall–Kier alpha value is -0.283. The van der Waals surface area contributed by atoms with Gasteiger partial charge in [0.25, 0.3) is 0 Å². The molecule has 100 valence electrons. The molecule has 0 heterocycles. The van der Waals surface area contributed by atoms with Crippen LogP contribution in [0.4, 0.5) is 0 Å². The van der Waals surface area contributed by atoms with E-state index < -0.39 is 8.32 Å². The van der Waals surface area contributed by atoms with Crippen molar-refractivity contribution in [1.82, 2.24) is 0 Å². The summed E-state index contributed by atoms with van der Waals surface area (Å²) in [7, 11) is 0.169. The molecule has 0 saturated heterocycles. The highest BCUT2D eigenvalue weighted by molar-refractivity contribution is 6.74. The van der Waals surface area contributed by atoms with Crippen molar-refractivity contribution in [1.29, 1.82) is 0 Å². The normalized spacial score (nSPS) is 25.3. The number of hydrogen-bond acceptors (Lipinski definition) is 2. The molecule has 0 amide bonds. The van der Waals surface area contributed by atoms with E-state index in [9.17, 15) is 0 Å². The first-order valence-electron chi connectivity index (χ1n) is 6.61. The monoisotopic (exact) mass is 256 g/mol. The van der Waals surface area contributed by atoms with Gasteiger partial charge in [0.15, 0.2) is 8.32 Å². The predicted octanol–water partition coefficient (Wildman–Crippen LogP) is 4.19. The topological polar surface area (TPSA) is 18.5 Å². The Bertz CT molecular complexity index is 266. The first kappa shape index (κ1) is 14.8. The Kier molecular flexibility index (Phi) is 4.84. The molecule has 1 saturated carbocycles. The van der Waals surface area contributed by atoms with E-state index >= 15 is 0 Å². The summed E-state index contributed by atoms with van der Waals surface area (Å²) in [5.41, 5.74) is 0. The maximum Gasteiger partial charge on any atom is 0.191 e. The molecule has 0 aliphatic heterocycles. The minimum atomic E-state index is -1.53. The molecular weight excluding hydrogens is 228 g/mol. The summed E-state index contributed by atoms with van der Waals surface area (Å²) in [5, 5.41) is 0.325. The minimum Gasteiger partial charge on any atom is -0.505 e. The zero-order valence-corrected chi connectivity index (χ0v) is 13.2. The van der Waals surface area contributed by atoms with Crippen molar-refractivity contribution < 1.29 is 9.16 Å². The molecular formula is C14H28O2Si. The highest BCUT2D eigenvalue weighted by Crippen LogP contribution is 2.43. The maximum absolute atomic E-state index is 6.18. The van der Waals surface area contributed by atoms with E-state index in [1.807, 2.05) is 0 Å². The summed E-state index contributed by atoms with van der Waals surface area (Å²) < 4.78 is 11.1. The van der Waals surface area contributed by atoms with E-state index in [2.05, 4.69) is 39.9 Å². The van der Waals surface area contributed by atoms with E-state index in [0.29, 0.717) is 5.04 Å². The van der Waals surface area contributed by atoms with Crippen molar-refractivity contribution >= 4 is 8.32 Å². The minimum absolute atomic E-state index is 0.325. The molecule has 3 heteroatoms. The fourth-order valence-electron chi connectivity index (χ4n) is 1.70. The summed E-state index contributed by atoms with van der Waals surface area (Å²) in [6.45, 7) is 12.4. The lowest BCUT2D eigenvalue weighted by Crippen LogP contribution is -2.41. The number of methoxy groups -OCH3 is 1. The first-order valence-corrected chi connectivity index (χ1v) is 9.52. The van der Waals surface area contributed by atoms with Crippen LogP contribution >= 0.6 is 0 Å². The fourth-order valence-corrected chi connectivity index (χ4v) is 2.76. The number of ether oxygens (including phenoxy) is 1. The van der Waals surface area contributed by atoms with Gasteiger partial charge in [0, 0.05) is 6.61 Å². The smallest absolute Gasteiger partial charge is 0.191 e. The molecule has 0 bridgehead atoms. The molecule has 0 N–H and O–H groups in total. The van der Waals surface area contributed by atoms with E-state index in [0.717, 1.165) is 18.4 Å². The zero-order valence-electron chi connectivity index (χ0n) is 12.2. The van der Waals surface area contributed by atoms with Crippen molar-refractivity contribution in [2.24, 2.45) is 11.8 Å². The van der Waals surface area contributed by atoms with Crippen LogP contribution in [0.5, 0.6) is 0 Å². The van der Waals surface area contributed by atoms with Gasteiger partial charge in [-0.05, 0) is 48.9 Å². The lowest BCUT2D eigenvalue weighted by atomic mass is 10.2. The van der Waals surface area contributed by atoms with Gasteiger partial charge in [0.2, 0.25) is 0 Å². The average molecular weight is 256 g/mol. The van der Waals surface area contributed by atoms with E-state index in [-0.39, 0.29) is 0 Å². The van der Waals surface area contributed by atoms with Gasteiger partial charge in [0.1, 0.15) is 0 Å². The molecule has 17 heavy (non-hydrogen) atoms. The molecule has 0 spiro atoms. The molecule has 1 rings (SSSR count). The van der Waals surface area contributed by atoms with E-state index in [1.54, 1.807) is 13.4 Å². The number of rotatable bonds is 6. The summed E-state index contributed by atoms with van der Waals surface area (Å²) in [4.78, 5) is 0. The van der Waals surface area contributed by atoms with Crippen LogP contribution in [-0.4, -0.2) is 22.0 Å². The third-order valence-corrected chi connectivity index (χ3v) is 8.74. The molecule has 1 aliphatic rings. The van der Waals surface area contributed by atoms with Crippen LogP contribution in [0, 0.1) is 11.8 Å². The third-order valence-electron chi connectivity index (χ3n) is 4.20. The molecule has 2 atom stereocenters. The molecule has 0 radical (unpaired) electrons. The van der Waals surface area contributed by atoms with Gasteiger partial charge in [-0.15, -0.1) is 0 Å². The number of allylic oxidation sites excluding steroid dienone is 1. The molecule has 1 fully saturated rings. The second kappa shape index (κ2) is 5.57. The Morgan fingerprint density at radius 2 is 1.94 bits per heavy atom. The van der Waals surface area contributed by atoms with Crippen LogP contribution < -0.4 is 0 Å². The van der Waals surface area contributed by atoms with Crippen LogP contribution in [0.3, 0.4) is 0 Å². The van der Waals surface area contributed by atoms with Gasteiger partial charge < -0.3 is 9.16 Å². The van der Waals surface area contributed by atoms with Gasteiger partial charge in [-0.25, -0.2) is 0 Å². The molecule has 0 aromatic carbocycles. The van der Waals surface area contributed by atoms with Crippen LogP contribution in [0.2, 0.25) is 18.1 Å². The third kappa shape index (κ3) is 4.47. The zero-order chi connectivity index (χ0) is 13.1. The largest absolute Gasteiger partial charge is 0.505 e. The van der Waals surface area contributed by atoms with Gasteiger partial charge >= 0.3 is 0 Å². The summed E-state index contributed by atoms with van der Waals surface area (Å²) in [5.74, 6) is 1.56. The summed E-state index contributed by atoms with van der Waals surface area (Å²) in [6, 6.07) is 0. The maximum atomic E-state index is 6.18. The molecule has 0 aromatic heterocycles. The van der Waals surface area contributed by atoms with Gasteiger partial charge in [0.05, 0.1) is 13.4 Å². The van der Waals surface area contributed by atoms with Crippen LogP contribution in [0.1, 0.15) is 33.6 Å². The molecule has 0 aromatic rings. The van der Waals surface area contributed by atoms with Gasteiger partial charge in [-0.2, -0.15) is 0 Å². The van der Waals surface area contributed by atoms with Crippen molar-refractivity contribution in [2.45, 2.75) is 51.7 Å². The second-order valence-corrected chi connectivity index (χ2v) is 11.4. The van der Waals surface area contributed by atoms with Crippen molar-refractivity contribution in [3.05, 3.63) is 12.3 Å². The van der Waals surface area contributed by atoms with Gasteiger partial charge in [-0.3, -0.25) is 0 Å². The Labute approximate surface area is 108 Å². The Balaban J connectivity index is 2.20. The lowest BCUT2D eigenvalue weighted by molar-refractivity contribution is 0.273. The summed E-state index contributed by atoms with van der Waals surface area (Å²) >= 11 is 0. The highest BCUT2D eigenvalue weighted by atomic mass is 28.4. The van der Waals surface area contributed by atoms with Crippen LogP contribution in [-0.2, 0) is 9.16 Å². The van der Waals surface area contributed by atoms with Crippen molar-refractivity contribution in [3.8, 4) is 0 Å².